The normalized spacial score (nSPS) is 10.5. The van der Waals surface area contributed by atoms with Gasteiger partial charge in [0.05, 0.1) is 12.8 Å². The minimum Gasteiger partial charge on any atom is -0.467 e. The monoisotopic (exact) mass is 322 g/mol. The number of hydrogen-bond donors (Lipinski definition) is 2. The Kier molecular flexibility index (Phi) is 5.45. The fraction of sp³-hybridized carbons (Fsp3) is 0.263. The van der Waals surface area contributed by atoms with Gasteiger partial charge in [0.1, 0.15) is 23.2 Å². The Bertz CT molecular complexity index is 741. The van der Waals surface area contributed by atoms with Crippen LogP contribution in [0.15, 0.2) is 59.2 Å². The van der Waals surface area contributed by atoms with Crippen molar-refractivity contribution in [3.8, 4) is 0 Å². The number of aromatic nitrogens is 2. The molecule has 5 heteroatoms. The topological polar surface area (TPSA) is 63.0 Å². The van der Waals surface area contributed by atoms with Crippen LogP contribution in [-0.4, -0.2) is 16.5 Å². The molecule has 0 radical (unpaired) electrons. The molecule has 2 N–H and O–H groups in total. The minimum atomic E-state index is 0.608. The van der Waals surface area contributed by atoms with Gasteiger partial charge in [-0.05, 0) is 37.5 Å². The third-order valence-corrected chi connectivity index (χ3v) is 3.65. The summed E-state index contributed by atoms with van der Waals surface area (Å²) in [7, 11) is 0. The second kappa shape index (κ2) is 8.15. The number of anilines is 2. The van der Waals surface area contributed by atoms with E-state index in [0.29, 0.717) is 6.54 Å². The highest BCUT2D eigenvalue weighted by atomic mass is 16.3. The summed E-state index contributed by atoms with van der Waals surface area (Å²) < 4.78 is 5.32. The molecule has 0 saturated heterocycles. The van der Waals surface area contributed by atoms with Crippen LogP contribution in [0.4, 0.5) is 11.6 Å². The number of furan rings is 1. The Morgan fingerprint density at radius 1 is 0.958 bits per heavy atom. The Hall–Kier alpha value is -2.82. The molecule has 0 bridgehead atoms. The van der Waals surface area contributed by atoms with Gasteiger partial charge in [-0.1, -0.05) is 30.3 Å². The summed E-state index contributed by atoms with van der Waals surface area (Å²) in [4.78, 5) is 8.84. The molecular weight excluding hydrogens is 300 g/mol. The molecule has 3 aromatic rings. The summed E-state index contributed by atoms with van der Waals surface area (Å²) in [6.07, 6.45) is 3.78. The van der Waals surface area contributed by atoms with Gasteiger partial charge in [-0.15, -0.1) is 0 Å². The van der Waals surface area contributed by atoms with Crippen LogP contribution in [0.25, 0.3) is 0 Å². The SMILES string of the molecule is Cc1nc(NCCCc2ccccc2)cc(NCc2ccco2)n1. The third-order valence-electron chi connectivity index (χ3n) is 3.65. The fourth-order valence-electron chi connectivity index (χ4n) is 2.49. The molecule has 0 aliphatic rings. The lowest BCUT2D eigenvalue weighted by Gasteiger charge is -2.09. The Morgan fingerprint density at radius 3 is 2.50 bits per heavy atom. The summed E-state index contributed by atoms with van der Waals surface area (Å²) in [5.41, 5.74) is 1.36. The van der Waals surface area contributed by atoms with Crippen molar-refractivity contribution in [3.05, 3.63) is 71.9 Å². The van der Waals surface area contributed by atoms with Crippen molar-refractivity contribution in [2.24, 2.45) is 0 Å². The van der Waals surface area contributed by atoms with Crippen LogP contribution < -0.4 is 10.6 Å². The number of nitrogens with one attached hydrogen (secondary N) is 2. The lowest BCUT2D eigenvalue weighted by Crippen LogP contribution is -2.08. The van der Waals surface area contributed by atoms with Crippen LogP contribution in [0, 0.1) is 6.92 Å². The van der Waals surface area contributed by atoms with Crippen molar-refractivity contribution in [1.29, 1.82) is 0 Å². The maximum absolute atomic E-state index is 5.32. The van der Waals surface area contributed by atoms with Crippen LogP contribution >= 0.6 is 0 Å². The van der Waals surface area contributed by atoms with Crippen molar-refractivity contribution in [1.82, 2.24) is 9.97 Å². The summed E-state index contributed by atoms with van der Waals surface area (Å²) in [5, 5.41) is 6.63. The molecule has 3 rings (SSSR count). The molecule has 0 saturated carbocycles. The maximum Gasteiger partial charge on any atom is 0.132 e. The number of rotatable bonds is 8. The van der Waals surface area contributed by atoms with Gasteiger partial charge in [0, 0.05) is 12.6 Å². The van der Waals surface area contributed by atoms with Crippen LogP contribution in [0.1, 0.15) is 23.6 Å². The van der Waals surface area contributed by atoms with Gasteiger partial charge in [0.25, 0.3) is 0 Å². The molecule has 24 heavy (non-hydrogen) atoms. The molecule has 0 aliphatic heterocycles. The average Bonchev–Trinajstić information content (AvgIpc) is 3.11. The van der Waals surface area contributed by atoms with Gasteiger partial charge < -0.3 is 15.1 Å². The Balaban J connectivity index is 1.49. The van der Waals surface area contributed by atoms with E-state index in [-0.39, 0.29) is 0 Å². The smallest absolute Gasteiger partial charge is 0.132 e. The van der Waals surface area contributed by atoms with E-state index < -0.39 is 0 Å². The molecule has 0 aliphatic carbocycles. The molecule has 2 heterocycles. The number of nitrogens with zero attached hydrogens (tertiary/aromatic N) is 2. The number of benzene rings is 1. The molecule has 0 spiro atoms. The fourth-order valence-corrected chi connectivity index (χ4v) is 2.49. The molecule has 5 nitrogen and oxygen atoms in total. The zero-order chi connectivity index (χ0) is 16.6. The maximum atomic E-state index is 5.32. The quantitative estimate of drug-likeness (QED) is 0.613. The van der Waals surface area contributed by atoms with Crippen molar-refractivity contribution >= 4 is 11.6 Å². The molecule has 2 aromatic heterocycles. The lowest BCUT2D eigenvalue weighted by molar-refractivity contribution is 0.518. The van der Waals surface area contributed by atoms with E-state index in [2.05, 4.69) is 44.9 Å². The highest BCUT2D eigenvalue weighted by molar-refractivity contribution is 5.47. The second-order valence-corrected chi connectivity index (χ2v) is 5.63. The van der Waals surface area contributed by atoms with E-state index in [0.717, 1.165) is 42.6 Å². The summed E-state index contributed by atoms with van der Waals surface area (Å²) in [6, 6.07) is 16.3. The van der Waals surface area contributed by atoms with E-state index >= 15 is 0 Å². The van der Waals surface area contributed by atoms with Gasteiger partial charge in [-0.25, -0.2) is 9.97 Å². The summed E-state index contributed by atoms with van der Waals surface area (Å²) in [5.74, 6) is 3.26. The van der Waals surface area contributed by atoms with Crippen LogP contribution in [-0.2, 0) is 13.0 Å². The zero-order valence-electron chi connectivity index (χ0n) is 13.8. The summed E-state index contributed by atoms with van der Waals surface area (Å²) >= 11 is 0. The average molecular weight is 322 g/mol. The summed E-state index contributed by atoms with van der Waals surface area (Å²) in [6.45, 7) is 3.38. The molecule has 0 fully saturated rings. The first-order valence-electron chi connectivity index (χ1n) is 8.19. The van der Waals surface area contributed by atoms with Crippen molar-refractivity contribution in [2.75, 3.05) is 17.2 Å². The van der Waals surface area contributed by atoms with Gasteiger partial charge in [-0.3, -0.25) is 0 Å². The molecule has 1 aromatic carbocycles. The van der Waals surface area contributed by atoms with E-state index in [9.17, 15) is 0 Å². The number of hydrogen-bond acceptors (Lipinski definition) is 5. The van der Waals surface area contributed by atoms with Crippen LogP contribution in [0.3, 0.4) is 0 Å². The molecule has 124 valence electrons. The Labute approximate surface area is 142 Å². The Morgan fingerprint density at radius 2 is 1.75 bits per heavy atom. The van der Waals surface area contributed by atoms with E-state index in [1.807, 2.05) is 31.2 Å². The first-order chi connectivity index (χ1) is 11.8. The van der Waals surface area contributed by atoms with Crippen LogP contribution in [0.2, 0.25) is 0 Å². The van der Waals surface area contributed by atoms with Crippen LogP contribution in [0.5, 0.6) is 0 Å². The van der Waals surface area contributed by atoms with E-state index in [1.54, 1.807) is 6.26 Å². The third kappa shape index (κ3) is 4.84. The van der Waals surface area contributed by atoms with Gasteiger partial charge >= 0.3 is 0 Å². The second-order valence-electron chi connectivity index (χ2n) is 5.63. The van der Waals surface area contributed by atoms with Gasteiger partial charge in [-0.2, -0.15) is 0 Å². The predicted octanol–water partition coefficient (Wildman–Crippen LogP) is 4.03. The standard InChI is InChI=1S/C19H22N4O/c1-15-22-18(20-11-5-9-16-7-3-2-4-8-16)13-19(23-15)21-14-17-10-6-12-24-17/h2-4,6-8,10,12-13H,5,9,11,14H2,1H3,(H2,20,21,22,23). The van der Waals surface area contributed by atoms with Crippen molar-refractivity contribution in [2.45, 2.75) is 26.3 Å². The van der Waals surface area contributed by atoms with Gasteiger partial charge in [0.15, 0.2) is 0 Å². The lowest BCUT2D eigenvalue weighted by atomic mass is 10.1. The zero-order valence-corrected chi connectivity index (χ0v) is 13.8. The van der Waals surface area contributed by atoms with Gasteiger partial charge in [0.2, 0.25) is 0 Å². The van der Waals surface area contributed by atoms with Crippen molar-refractivity contribution in [3.63, 3.8) is 0 Å². The molecule has 0 atom stereocenters. The predicted molar refractivity (Wildman–Crippen MR) is 96.1 cm³/mol. The molecule has 0 unspecified atom stereocenters. The molecular formula is C19H22N4O. The first kappa shape index (κ1) is 16.1. The van der Waals surface area contributed by atoms with Crippen molar-refractivity contribution < 1.29 is 4.42 Å². The van der Waals surface area contributed by atoms with E-state index in [4.69, 9.17) is 4.42 Å². The van der Waals surface area contributed by atoms with E-state index in [1.165, 1.54) is 5.56 Å². The largest absolute Gasteiger partial charge is 0.467 e. The highest BCUT2D eigenvalue weighted by Gasteiger charge is 2.03. The number of aryl methyl sites for hydroxylation is 2. The highest BCUT2D eigenvalue weighted by Crippen LogP contribution is 2.13. The minimum absolute atomic E-state index is 0.608. The molecule has 0 amide bonds. The first-order valence-corrected chi connectivity index (χ1v) is 8.19.